The minimum absolute atomic E-state index is 0.652. The summed E-state index contributed by atoms with van der Waals surface area (Å²) >= 11 is 6.11. The van der Waals surface area contributed by atoms with Crippen molar-refractivity contribution in [1.29, 1.82) is 0 Å². The molecule has 3 nitrogen and oxygen atoms in total. The zero-order valence-corrected chi connectivity index (χ0v) is 9.93. The Bertz CT molecular complexity index is 316. The Kier molecular flexibility index (Phi) is 3.65. The van der Waals surface area contributed by atoms with Crippen LogP contribution in [0.5, 0.6) is 0 Å². The zero-order chi connectivity index (χ0) is 10.7. The Labute approximate surface area is 95.8 Å². The highest BCUT2D eigenvalue weighted by Gasteiger charge is 2.13. The molecule has 0 aliphatic carbocycles. The van der Waals surface area contributed by atoms with E-state index in [2.05, 4.69) is 10.4 Å². The number of aryl methyl sites for hydroxylation is 2. The van der Waals surface area contributed by atoms with Crippen LogP contribution in [0.3, 0.4) is 0 Å². The second kappa shape index (κ2) is 4.99. The summed E-state index contributed by atoms with van der Waals surface area (Å²) < 4.78 is 1.90. The summed E-state index contributed by atoms with van der Waals surface area (Å²) in [6, 6.07) is 0.652. The van der Waals surface area contributed by atoms with E-state index in [4.69, 9.17) is 11.6 Å². The van der Waals surface area contributed by atoms with E-state index in [1.165, 1.54) is 19.3 Å². The van der Waals surface area contributed by atoms with Gasteiger partial charge in [-0.3, -0.25) is 4.68 Å². The first-order chi connectivity index (χ1) is 7.27. The Morgan fingerprint density at radius 3 is 3.07 bits per heavy atom. The van der Waals surface area contributed by atoms with E-state index >= 15 is 0 Å². The van der Waals surface area contributed by atoms with Crippen LogP contribution in [0.2, 0.25) is 5.15 Å². The van der Waals surface area contributed by atoms with Gasteiger partial charge in [0.25, 0.3) is 0 Å². The van der Waals surface area contributed by atoms with Gasteiger partial charge in [0.15, 0.2) is 0 Å². The Balaban J connectivity index is 1.84. The first-order valence-electron chi connectivity index (χ1n) is 5.68. The third kappa shape index (κ3) is 2.73. The van der Waals surface area contributed by atoms with Crippen LogP contribution >= 0.6 is 11.6 Å². The topological polar surface area (TPSA) is 29.9 Å². The van der Waals surface area contributed by atoms with Crippen LogP contribution in [0.15, 0.2) is 6.20 Å². The van der Waals surface area contributed by atoms with Crippen LogP contribution in [0.1, 0.15) is 31.2 Å². The van der Waals surface area contributed by atoms with Crippen LogP contribution < -0.4 is 5.32 Å². The lowest BCUT2D eigenvalue weighted by Gasteiger charge is -2.23. The maximum Gasteiger partial charge on any atom is 0.129 e. The molecule has 0 radical (unpaired) electrons. The molecule has 0 saturated carbocycles. The number of hydrogen-bond donors (Lipinski definition) is 1. The van der Waals surface area contributed by atoms with Gasteiger partial charge in [0.05, 0.1) is 6.20 Å². The molecule has 2 heterocycles. The molecular weight excluding hydrogens is 210 g/mol. The standard InChI is InChI=1S/C11H18ClN3/c1-9-8-14-15(11(9)12)7-5-10-4-2-3-6-13-10/h8,10,13H,2-7H2,1H3. The summed E-state index contributed by atoms with van der Waals surface area (Å²) in [7, 11) is 0. The van der Waals surface area contributed by atoms with Gasteiger partial charge in [0, 0.05) is 18.2 Å². The second-order valence-electron chi connectivity index (χ2n) is 4.28. The van der Waals surface area contributed by atoms with E-state index in [0.717, 1.165) is 30.2 Å². The molecule has 1 aromatic heterocycles. The molecule has 0 bridgehead atoms. The summed E-state index contributed by atoms with van der Waals surface area (Å²) in [4.78, 5) is 0. The fourth-order valence-corrected chi connectivity index (χ4v) is 2.25. The smallest absolute Gasteiger partial charge is 0.129 e. The van der Waals surface area contributed by atoms with Gasteiger partial charge >= 0.3 is 0 Å². The first kappa shape index (κ1) is 11.0. The molecule has 4 heteroatoms. The lowest BCUT2D eigenvalue weighted by Crippen LogP contribution is -2.34. The largest absolute Gasteiger partial charge is 0.314 e. The minimum atomic E-state index is 0.652. The van der Waals surface area contributed by atoms with Crippen molar-refractivity contribution < 1.29 is 0 Å². The highest BCUT2D eigenvalue weighted by Crippen LogP contribution is 2.16. The lowest BCUT2D eigenvalue weighted by molar-refractivity contribution is 0.360. The van der Waals surface area contributed by atoms with Gasteiger partial charge in [-0.15, -0.1) is 0 Å². The van der Waals surface area contributed by atoms with E-state index in [9.17, 15) is 0 Å². The first-order valence-corrected chi connectivity index (χ1v) is 6.06. The van der Waals surface area contributed by atoms with Crippen LogP contribution in [-0.2, 0) is 6.54 Å². The molecule has 1 aliphatic heterocycles. The van der Waals surface area contributed by atoms with Crippen molar-refractivity contribution in [3.05, 3.63) is 16.9 Å². The van der Waals surface area contributed by atoms with Crippen LogP contribution in [-0.4, -0.2) is 22.4 Å². The van der Waals surface area contributed by atoms with Gasteiger partial charge < -0.3 is 5.32 Å². The molecule has 1 aliphatic rings. The molecule has 1 saturated heterocycles. The summed E-state index contributed by atoms with van der Waals surface area (Å²) in [5.74, 6) is 0. The Morgan fingerprint density at radius 2 is 2.47 bits per heavy atom. The van der Waals surface area contributed by atoms with Gasteiger partial charge in [-0.05, 0) is 32.7 Å². The molecule has 0 amide bonds. The predicted molar refractivity (Wildman–Crippen MR) is 62.2 cm³/mol. The van der Waals surface area contributed by atoms with Gasteiger partial charge in [-0.25, -0.2) is 0 Å². The highest BCUT2D eigenvalue weighted by atomic mass is 35.5. The van der Waals surface area contributed by atoms with Crippen molar-refractivity contribution in [3.8, 4) is 0 Å². The number of piperidine rings is 1. The molecule has 0 spiro atoms. The molecule has 15 heavy (non-hydrogen) atoms. The number of rotatable bonds is 3. The maximum atomic E-state index is 6.11. The quantitative estimate of drug-likeness (QED) is 0.860. The molecule has 1 fully saturated rings. The number of halogens is 1. The Hall–Kier alpha value is -0.540. The summed E-state index contributed by atoms with van der Waals surface area (Å²) in [6.07, 6.45) is 6.91. The lowest BCUT2D eigenvalue weighted by atomic mass is 10.0. The third-order valence-corrected chi connectivity index (χ3v) is 3.54. The van der Waals surface area contributed by atoms with Crippen molar-refractivity contribution in [2.24, 2.45) is 0 Å². The molecule has 2 rings (SSSR count). The average molecular weight is 228 g/mol. The van der Waals surface area contributed by atoms with E-state index < -0.39 is 0 Å². The van der Waals surface area contributed by atoms with Crippen molar-refractivity contribution in [2.75, 3.05) is 6.54 Å². The van der Waals surface area contributed by atoms with Crippen molar-refractivity contribution in [2.45, 2.75) is 45.2 Å². The molecule has 1 atom stereocenters. The zero-order valence-electron chi connectivity index (χ0n) is 9.17. The molecule has 1 N–H and O–H groups in total. The van der Waals surface area contributed by atoms with Gasteiger partial charge in [0.2, 0.25) is 0 Å². The number of nitrogens with zero attached hydrogens (tertiary/aromatic N) is 2. The fraction of sp³-hybridized carbons (Fsp3) is 0.727. The summed E-state index contributed by atoms with van der Waals surface area (Å²) in [5.41, 5.74) is 1.06. The van der Waals surface area contributed by atoms with Gasteiger partial charge in [0.1, 0.15) is 5.15 Å². The fourth-order valence-electron chi connectivity index (χ4n) is 2.07. The molecule has 1 unspecified atom stereocenters. The molecular formula is C11H18ClN3. The van der Waals surface area contributed by atoms with Crippen molar-refractivity contribution >= 4 is 11.6 Å². The van der Waals surface area contributed by atoms with E-state index in [-0.39, 0.29) is 0 Å². The monoisotopic (exact) mass is 227 g/mol. The Morgan fingerprint density at radius 1 is 1.60 bits per heavy atom. The van der Waals surface area contributed by atoms with Crippen LogP contribution in [0, 0.1) is 6.92 Å². The molecule has 84 valence electrons. The average Bonchev–Trinajstić information content (AvgIpc) is 2.59. The molecule has 1 aromatic rings. The summed E-state index contributed by atoms with van der Waals surface area (Å²) in [5, 5.41) is 8.57. The number of nitrogens with one attached hydrogen (secondary N) is 1. The molecule has 0 aromatic carbocycles. The summed E-state index contributed by atoms with van der Waals surface area (Å²) in [6.45, 7) is 4.07. The van der Waals surface area contributed by atoms with E-state index in [1.807, 2.05) is 17.8 Å². The SMILES string of the molecule is Cc1cnn(CCC2CCCCN2)c1Cl. The van der Waals surface area contributed by atoms with Crippen LogP contribution in [0.4, 0.5) is 0 Å². The normalized spacial score (nSPS) is 21.9. The predicted octanol–water partition coefficient (Wildman–Crippen LogP) is 2.38. The number of hydrogen-bond acceptors (Lipinski definition) is 2. The van der Waals surface area contributed by atoms with E-state index in [0.29, 0.717) is 6.04 Å². The van der Waals surface area contributed by atoms with Gasteiger partial charge in [-0.1, -0.05) is 18.0 Å². The van der Waals surface area contributed by atoms with Crippen molar-refractivity contribution in [3.63, 3.8) is 0 Å². The van der Waals surface area contributed by atoms with Gasteiger partial charge in [-0.2, -0.15) is 5.10 Å². The highest BCUT2D eigenvalue weighted by molar-refractivity contribution is 6.30. The number of aromatic nitrogens is 2. The second-order valence-corrected chi connectivity index (χ2v) is 4.64. The van der Waals surface area contributed by atoms with Crippen molar-refractivity contribution in [1.82, 2.24) is 15.1 Å². The minimum Gasteiger partial charge on any atom is -0.314 e. The maximum absolute atomic E-state index is 6.11. The van der Waals surface area contributed by atoms with E-state index in [1.54, 1.807) is 0 Å². The van der Waals surface area contributed by atoms with Crippen LogP contribution in [0.25, 0.3) is 0 Å². The third-order valence-electron chi connectivity index (χ3n) is 3.04.